The van der Waals surface area contributed by atoms with Crippen molar-refractivity contribution in [1.29, 1.82) is 0 Å². The Kier molecular flexibility index (Phi) is 5.99. The second kappa shape index (κ2) is 9.18. The molecule has 30 heavy (non-hydrogen) atoms. The van der Waals surface area contributed by atoms with Gasteiger partial charge in [-0.15, -0.1) is 0 Å². The Hall–Kier alpha value is -3.73. The third kappa shape index (κ3) is 4.15. The van der Waals surface area contributed by atoms with Crippen LogP contribution in [0.4, 0.5) is 0 Å². The maximum Gasteiger partial charge on any atom is 0.224 e. The summed E-state index contributed by atoms with van der Waals surface area (Å²) >= 11 is 0. The van der Waals surface area contributed by atoms with E-state index in [1.807, 2.05) is 42.7 Å². The fourth-order valence-corrected chi connectivity index (χ4v) is 3.67. The summed E-state index contributed by atoms with van der Waals surface area (Å²) in [7, 11) is 3.23. The maximum atomic E-state index is 5.56. The number of rotatable bonds is 7. The van der Waals surface area contributed by atoms with E-state index in [1.54, 1.807) is 26.6 Å². The smallest absolute Gasteiger partial charge is 0.224 e. The fourth-order valence-electron chi connectivity index (χ4n) is 3.67. The molecule has 3 heterocycles. The van der Waals surface area contributed by atoms with Crippen LogP contribution < -0.4 is 9.47 Å². The Balaban J connectivity index is 1.78. The number of ether oxygens (including phenoxy) is 2. The molecule has 5 nitrogen and oxygen atoms in total. The quantitative estimate of drug-likeness (QED) is 0.443. The van der Waals surface area contributed by atoms with E-state index in [0.717, 1.165) is 28.7 Å². The molecule has 0 N–H and O–H groups in total. The molecule has 0 fully saturated rings. The number of benzene rings is 1. The highest BCUT2D eigenvalue weighted by molar-refractivity contribution is 5.72. The van der Waals surface area contributed by atoms with Gasteiger partial charge in [0, 0.05) is 42.3 Å². The highest BCUT2D eigenvalue weighted by Gasteiger charge is 2.19. The number of hydrogen-bond acceptors (Lipinski definition) is 5. The van der Waals surface area contributed by atoms with E-state index in [2.05, 4.69) is 45.3 Å². The van der Waals surface area contributed by atoms with Gasteiger partial charge in [-0.25, -0.2) is 0 Å². The summed E-state index contributed by atoms with van der Waals surface area (Å²) in [4.78, 5) is 13.1. The van der Waals surface area contributed by atoms with Crippen molar-refractivity contribution in [2.45, 2.75) is 12.3 Å². The summed E-state index contributed by atoms with van der Waals surface area (Å²) in [5, 5.41) is 0. The zero-order valence-electron chi connectivity index (χ0n) is 17.0. The molecule has 0 aliphatic rings. The Morgan fingerprint density at radius 2 is 1.43 bits per heavy atom. The van der Waals surface area contributed by atoms with Crippen LogP contribution in [0.15, 0.2) is 85.5 Å². The largest absolute Gasteiger partial charge is 0.481 e. The molecule has 0 unspecified atom stereocenters. The van der Waals surface area contributed by atoms with Gasteiger partial charge in [-0.3, -0.25) is 9.97 Å². The topological polar surface area (TPSA) is 57.1 Å². The number of aromatic nitrogens is 3. The van der Waals surface area contributed by atoms with E-state index >= 15 is 0 Å². The predicted molar refractivity (Wildman–Crippen MR) is 117 cm³/mol. The summed E-state index contributed by atoms with van der Waals surface area (Å²) in [6.45, 7) is 0. The molecule has 0 aliphatic heterocycles. The number of hydrogen-bond donors (Lipinski definition) is 0. The molecule has 0 saturated carbocycles. The molecule has 4 rings (SSSR count). The Bertz CT molecular complexity index is 1060. The van der Waals surface area contributed by atoms with Gasteiger partial charge in [-0.2, -0.15) is 4.98 Å². The van der Waals surface area contributed by atoms with Gasteiger partial charge in [0.15, 0.2) is 0 Å². The Morgan fingerprint density at radius 1 is 0.733 bits per heavy atom. The minimum Gasteiger partial charge on any atom is -0.481 e. The van der Waals surface area contributed by atoms with Crippen molar-refractivity contribution in [3.63, 3.8) is 0 Å². The van der Waals surface area contributed by atoms with Crippen molar-refractivity contribution in [2.24, 2.45) is 0 Å². The van der Waals surface area contributed by atoms with Gasteiger partial charge in [0.2, 0.25) is 11.8 Å². The lowest BCUT2D eigenvalue weighted by Gasteiger charge is -2.20. The van der Waals surface area contributed by atoms with Crippen LogP contribution in [0.2, 0.25) is 0 Å². The third-order valence-electron chi connectivity index (χ3n) is 5.14. The van der Waals surface area contributed by atoms with Crippen molar-refractivity contribution in [2.75, 3.05) is 14.2 Å². The molecule has 0 radical (unpaired) electrons. The standard InChI is InChI=1S/C25H23N3O2/c1-29-24-12-11-22(25(28-24)30-2)21-10-4-3-7-18(21)15-23(19-8-5-13-26-16-19)20-9-6-14-27-17-20/h3-14,16-17,23H,15H2,1-2H3. The summed E-state index contributed by atoms with van der Waals surface area (Å²) in [5.41, 5.74) is 5.52. The van der Waals surface area contributed by atoms with Crippen molar-refractivity contribution in [3.05, 3.63) is 102 Å². The van der Waals surface area contributed by atoms with E-state index in [4.69, 9.17) is 9.47 Å². The minimum absolute atomic E-state index is 0.130. The molecular formula is C25H23N3O2. The van der Waals surface area contributed by atoms with Gasteiger partial charge in [0.05, 0.1) is 14.2 Å². The molecule has 150 valence electrons. The van der Waals surface area contributed by atoms with Crippen LogP contribution in [0.25, 0.3) is 11.1 Å². The monoisotopic (exact) mass is 397 g/mol. The first-order valence-electron chi connectivity index (χ1n) is 9.77. The highest BCUT2D eigenvalue weighted by atomic mass is 16.5. The Morgan fingerprint density at radius 3 is 2.03 bits per heavy atom. The van der Waals surface area contributed by atoms with Crippen LogP contribution in [0, 0.1) is 0 Å². The van der Waals surface area contributed by atoms with Crippen LogP contribution in [-0.2, 0) is 6.42 Å². The van der Waals surface area contributed by atoms with Crippen molar-refractivity contribution >= 4 is 0 Å². The first-order valence-corrected chi connectivity index (χ1v) is 9.77. The van der Waals surface area contributed by atoms with Crippen LogP contribution >= 0.6 is 0 Å². The first-order chi connectivity index (χ1) is 14.8. The van der Waals surface area contributed by atoms with Crippen LogP contribution in [0.1, 0.15) is 22.6 Å². The van der Waals surface area contributed by atoms with Gasteiger partial charge in [0.1, 0.15) is 0 Å². The number of methoxy groups -OCH3 is 2. The van der Waals surface area contributed by atoms with E-state index in [9.17, 15) is 0 Å². The average Bonchev–Trinajstić information content (AvgIpc) is 2.83. The van der Waals surface area contributed by atoms with Gasteiger partial charge in [-0.05, 0) is 46.9 Å². The number of nitrogens with zero attached hydrogens (tertiary/aromatic N) is 3. The molecule has 0 atom stereocenters. The molecule has 0 spiro atoms. The zero-order chi connectivity index (χ0) is 20.8. The Labute approximate surface area is 176 Å². The lowest BCUT2D eigenvalue weighted by Crippen LogP contribution is -2.07. The predicted octanol–water partition coefficient (Wildman–Crippen LogP) is 4.93. The molecule has 0 saturated heterocycles. The molecule has 0 aliphatic carbocycles. The van der Waals surface area contributed by atoms with E-state index < -0.39 is 0 Å². The van der Waals surface area contributed by atoms with E-state index in [0.29, 0.717) is 11.8 Å². The minimum atomic E-state index is 0.130. The molecule has 1 aromatic carbocycles. The summed E-state index contributed by atoms with van der Waals surface area (Å²) in [6, 6.07) is 20.4. The summed E-state index contributed by atoms with van der Waals surface area (Å²) in [6.07, 6.45) is 8.24. The van der Waals surface area contributed by atoms with Crippen molar-refractivity contribution in [1.82, 2.24) is 15.0 Å². The van der Waals surface area contributed by atoms with Gasteiger partial charge in [0.25, 0.3) is 0 Å². The maximum absolute atomic E-state index is 5.56. The van der Waals surface area contributed by atoms with Gasteiger partial charge >= 0.3 is 0 Å². The fraction of sp³-hybridized carbons (Fsp3) is 0.160. The normalized spacial score (nSPS) is 10.8. The van der Waals surface area contributed by atoms with Gasteiger partial charge in [-0.1, -0.05) is 36.4 Å². The van der Waals surface area contributed by atoms with E-state index in [1.165, 1.54) is 5.56 Å². The molecule has 5 heteroatoms. The highest BCUT2D eigenvalue weighted by Crippen LogP contribution is 2.36. The number of pyridine rings is 3. The van der Waals surface area contributed by atoms with Crippen LogP contribution in [0.3, 0.4) is 0 Å². The lowest BCUT2D eigenvalue weighted by atomic mass is 9.85. The molecule has 3 aromatic heterocycles. The van der Waals surface area contributed by atoms with Crippen LogP contribution in [0.5, 0.6) is 11.8 Å². The molecule has 0 bridgehead atoms. The lowest BCUT2D eigenvalue weighted by molar-refractivity contribution is 0.366. The molecule has 0 amide bonds. The van der Waals surface area contributed by atoms with Gasteiger partial charge < -0.3 is 9.47 Å². The average molecular weight is 397 g/mol. The first kappa shape index (κ1) is 19.6. The second-order valence-corrected chi connectivity index (χ2v) is 6.90. The third-order valence-corrected chi connectivity index (χ3v) is 5.14. The van der Waals surface area contributed by atoms with Crippen molar-refractivity contribution < 1.29 is 9.47 Å². The second-order valence-electron chi connectivity index (χ2n) is 6.90. The molecule has 4 aromatic rings. The SMILES string of the molecule is COc1ccc(-c2ccccc2CC(c2cccnc2)c2cccnc2)c(OC)n1. The summed E-state index contributed by atoms with van der Waals surface area (Å²) in [5.74, 6) is 1.20. The molecular weight excluding hydrogens is 374 g/mol. The van der Waals surface area contributed by atoms with Crippen LogP contribution in [-0.4, -0.2) is 29.2 Å². The summed E-state index contributed by atoms with van der Waals surface area (Å²) < 4.78 is 10.8. The van der Waals surface area contributed by atoms with E-state index in [-0.39, 0.29) is 5.92 Å². The zero-order valence-corrected chi connectivity index (χ0v) is 17.0. The van der Waals surface area contributed by atoms with Crippen molar-refractivity contribution in [3.8, 4) is 22.9 Å².